The number of rotatable bonds is 8. The lowest BCUT2D eigenvalue weighted by Gasteiger charge is -2.05. The molecule has 4 rings (SSSR count). The fourth-order valence-corrected chi connectivity index (χ4v) is 3.42. The lowest BCUT2D eigenvalue weighted by Crippen LogP contribution is -2.26. The second kappa shape index (κ2) is 10.2. The maximum absolute atomic E-state index is 12.7. The normalized spacial score (nSPS) is 11.2. The number of carbonyl (C=O) groups is 1. The van der Waals surface area contributed by atoms with Gasteiger partial charge >= 0.3 is 0 Å². The SMILES string of the molecule is Cc1ccc(-c2nn(-c3ccccc3)cc2/C=C(\C#N)C(=O)NCCCn2ccnc2)cc1. The van der Waals surface area contributed by atoms with Crippen molar-refractivity contribution in [3.05, 3.63) is 96.2 Å². The van der Waals surface area contributed by atoms with Gasteiger partial charge in [-0.05, 0) is 31.6 Å². The molecule has 0 fully saturated rings. The van der Waals surface area contributed by atoms with Crippen LogP contribution in [-0.2, 0) is 11.3 Å². The van der Waals surface area contributed by atoms with Crippen LogP contribution in [0.1, 0.15) is 17.5 Å². The predicted molar refractivity (Wildman–Crippen MR) is 127 cm³/mol. The zero-order valence-corrected chi connectivity index (χ0v) is 18.3. The van der Waals surface area contributed by atoms with Gasteiger partial charge < -0.3 is 9.88 Å². The summed E-state index contributed by atoms with van der Waals surface area (Å²) in [6.45, 7) is 3.23. The molecular formula is C26H24N6O. The fourth-order valence-electron chi connectivity index (χ4n) is 3.42. The van der Waals surface area contributed by atoms with Crippen LogP contribution >= 0.6 is 0 Å². The molecule has 7 heteroatoms. The molecule has 1 N–H and O–H groups in total. The van der Waals surface area contributed by atoms with E-state index in [0.717, 1.165) is 29.8 Å². The molecule has 0 radical (unpaired) electrons. The molecule has 0 aliphatic rings. The molecule has 164 valence electrons. The lowest BCUT2D eigenvalue weighted by atomic mass is 10.0. The highest BCUT2D eigenvalue weighted by Gasteiger charge is 2.15. The molecular weight excluding hydrogens is 412 g/mol. The average molecular weight is 437 g/mol. The Morgan fingerprint density at radius 1 is 1.15 bits per heavy atom. The maximum atomic E-state index is 12.7. The van der Waals surface area contributed by atoms with Crippen molar-refractivity contribution >= 4 is 12.0 Å². The number of hydrogen-bond acceptors (Lipinski definition) is 4. The highest BCUT2D eigenvalue weighted by atomic mass is 16.1. The molecule has 4 aromatic rings. The van der Waals surface area contributed by atoms with E-state index >= 15 is 0 Å². The zero-order chi connectivity index (χ0) is 23.0. The molecule has 0 saturated carbocycles. The molecule has 33 heavy (non-hydrogen) atoms. The number of amides is 1. The first kappa shape index (κ1) is 21.8. The number of imidazole rings is 1. The number of aromatic nitrogens is 4. The minimum atomic E-state index is -0.398. The Balaban J connectivity index is 1.58. The zero-order valence-electron chi connectivity index (χ0n) is 18.3. The van der Waals surface area contributed by atoms with Crippen molar-refractivity contribution in [2.75, 3.05) is 6.54 Å². The van der Waals surface area contributed by atoms with E-state index in [1.54, 1.807) is 23.3 Å². The first-order valence-corrected chi connectivity index (χ1v) is 10.7. The van der Waals surface area contributed by atoms with Gasteiger partial charge in [0.05, 0.1) is 17.7 Å². The van der Waals surface area contributed by atoms with Crippen LogP contribution in [0.2, 0.25) is 0 Å². The summed E-state index contributed by atoms with van der Waals surface area (Å²) in [7, 11) is 0. The summed E-state index contributed by atoms with van der Waals surface area (Å²) < 4.78 is 3.71. The van der Waals surface area contributed by atoms with Crippen molar-refractivity contribution in [3.63, 3.8) is 0 Å². The number of nitriles is 1. The number of carbonyl (C=O) groups excluding carboxylic acids is 1. The maximum Gasteiger partial charge on any atom is 0.261 e. The Morgan fingerprint density at radius 2 is 1.94 bits per heavy atom. The summed E-state index contributed by atoms with van der Waals surface area (Å²) in [4.78, 5) is 16.7. The molecule has 0 aliphatic heterocycles. The van der Waals surface area contributed by atoms with Crippen LogP contribution in [0, 0.1) is 18.3 Å². The van der Waals surface area contributed by atoms with Gasteiger partial charge in [-0.15, -0.1) is 0 Å². The number of nitrogens with zero attached hydrogens (tertiary/aromatic N) is 5. The summed E-state index contributed by atoms with van der Waals surface area (Å²) in [5.74, 6) is -0.398. The minimum absolute atomic E-state index is 0.0404. The number of aryl methyl sites for hydroxylation is 2. The van der Waals surface area contributed by atoms with E-state index < -0.39 is 5.91 Å². The Kier molecular flexibility index (Phi) is 6.76. The van der Waals surface area contributed by atoms with Gasteiger partial charge in [0.2, 0.25) is 0 Å². The van der Waals surface area contributed by atoms with Crippen molar-refractivity contribution in [1.82, 2.24) is 24.6 Å². The molecule has 2 aromatic carbocycles. The van der Waals surface area contributed by atoms with Crippen LogP contribution in [0.4, 0.5) is 0 Å². The molecule has 7 nitrogen and oxygen atoms in total. The smallest absolute Gasteiger partial charge is 0.261 e. The first-order chi connectivity index (χ1) is 16.1. The van der Waals surface area contributed by atoms with Crippen molar-refractivity contribution in [2.24, 2.45) is 0 Å². The summed E-state index contributed by atoms with van der Waals surface area (Å²) in [6, 6.07) is 19.8. The quantitative estimate of drug-likeness (QED) is 0.255. The minimum Gasteiger partial charge on any atom is -0.351 e. The molecule has 0 atom stereocenters. The molecule has 0 bridgehead atoms. The van der Waals surface area contributed by atoms with Crippen molar-refractivity contribution < 1.29 is 4.79 Å². The Bertz CT molecular complexity index is 1280. The van der Waals surface area contributed by atoms with E-state index in [1.807, 2.05) is 84.6 Å². The second-order valence-electron chi connectivity index (χ2n) is 7.66. The summed E-state index contributed by atoms with van der Waals surface area (Å²) in [5, 5.41) is 17.3. The third-order valence-electron chi connectivity index (χ3n) is 5.19. The first-order valence-electron chi connectivity index (χ1n) is 10.7. The molecule has 0 unspecified atom stereocenters. The molecule has 0 spiro atoms. The van der Waals surface area contributed by atoms with Gasteiger partial charge in [-0.3, -0.25) is 4.79 Å². The second-order valence-corrected chi connectivity index (χ2v) is 7.66. The van der Waals surface area contributed by atoms with Crippen LogP contribution in [0.3, 0.4) is 0 Å². The van der Waals surface area contributed by atoms with Gasteiger partial charge in [-0.1, -0.05) is 48.0 Å². The van der Waals surface area contributed by atoms with Crippen LogP contribution in [0.5, 0.6) is 0 Å². The standard InChI is InChI=1S/C26H24N6O/c1-20-8-10-21(11-9-20)25-23(18-32(30-25)24-6-3-2-4-7-24)16-22(17-27)26(33)29-12-5-14-31-15-13-28-19-31/h2-4,6-11,13,15-16,18-19H,5,12,14H2,1H3,(H,29,33)/b22-16+. The molecule has 1 amide bonds. The van der Waals surface area contributed by atoms with Gasteiger partial charge in [0, 0.05) is 42.8 Å². The van der Waals surface area contributed by atoms with Crippen LogP contribution in [0.15, 0.2) is 85.1 Å². The van der Waals surface area contributed by atoms with Crippen LogP contribution in [-0.4, -0.2) is 31.8 Å². The lowest BCUT2D eigenvalue weighted by molar-refractivity contribution is -0.117. The van der Waals surface area contributed by atoms with E-state index in [2.05, 4.69) is 10.3 Å². The molecule has 2 aromatic heterocycles. The predicted octanol–water partition coefficient (Wildman–Crippen LogP) is 4.16. The van der Waals surface area contributed by atoms with Gasteiger partial charge in [0.25, 0.3) is 5.91 Å². The van der Waals surface area contributed by atoms with Crippen molar-refractivity contribution in [1.29, 1.82) is 5.26 Å². The van der Waals surface area contributed by atoms with Gasteiger partial charge in [0.1, 0.15) is 11.6 Å². The van der Waals surface area contributed by atoms with E-state index in [-0.39, 0.29) is 5.57 Å². The molecule has 0 saturated heterocycles. The highest BCUT2D eigenvalue weighted by molar-refractivity contribution is 6.02. The summed E-state index contributed by atoms with van der Waals surface area (Å²) >= 11 is 0. The van der Waals surface area contributed by atoms with Gasteiger partial charge in [0.15, 0.2) is 0 Å². The van der Waals surface area contributed by atoms with Crippen molar-refractivity contribution in [2.45, 2.75) is 19.9 Å². The van der Waals surface area contributed by atoms with Crippen LogP contribution < -0.4 is 5.32 Å². The monoisotopic (exact) mass is 436 g/mol. The third-order valence-corrected chi connectivity index (χ3v) is 5.19. The van der Waals surface area contributed by atoms with Gasteiger partial charge in [-0.2, -0.15) is 10.4 Å². The number of benzene rings is 2. The Labute approximate surface area is 192 Å². The van der Waals surface area contributed by atoms with Crippen LogP contribution in [0.25, 0.3) is 23.0 Å². The van der Waals surface area contributed by atoms with Gasteiger partial charge in [-0.25, -0.2) is 9.67 Å². The highest BCUT2D eigenvalue weighted by Crippen LogP contribution is 2.26. The summed E-state index contributed by atoms with van der Waals surface area (Å²) in [6.07, 6.45) is 9.51. The van der Waals surface area contributed by atoms with Crippen molar-refractivity contribution in [3.8, 4) is 23.0 Å². The average Bonchev–Trinajstić information content (AvgIpc) is 3.51. The topological polar surface area (TPSA) is 88.5 Å². The Hall–Kier alpha value is -4.44. The Morgan fingerprint density at radius 3 is 2.64 bits per heavy atom. The number of para-hydroxylation sites is 1. The number of nitrogens with one attached hydrogen (secondary N) is 1. The van der Waals surface area contributed by atoms with E-state index in [9.17, 15) is 10.1 Å². The number of hydrogen-bond donors (Lipinski definition) is 1. The third kappa shape index (κ3) is 5.43. The largest absolute Gasteiger partial charge is 0.351 e. The molecule has 0 aliphatic carbocycles. The van der Waals surface area contributed by atoms with E-state index in [0.29, 0.717) is 17.8 Å². The molecule has 2 heterocycles. The summed E-state index contributed by atoms with van der Waals surface area (Å²) in [5.41, 5.74) is 4.41. The van der Waals surface area contributed by atoms with E-state index in [4.69, 9.17) is 5.10 Å². The fraction of sp³-hybridized carbons (Fsp3) is 0.154. The van der Waals surface area contributed by atoms with E-state index in [1.165, 1.54) is 0 Å².